The molecular formula is C7H10N2O2. The quantitative estimate of drug-likeness (QED) is 0.683. The van der Waals surface area contributed by atoms with Crippen molar-refractivity contribution in [2.24, 2.45) is 0 Å². The molecule has 1 rings (SSSR count). The lowest BCUT2D eigenvalue weighted by Gasteiger charge is -2.04. The Bertz CT molecular complexity index is 227. The van der Waals surface area contributed by atoms with E-state index in [-0.39, 0.29) is 6.61 Å². The molecule has 0 amide bonds. The van der Waals surface area contributed by atoms with E-state index in [2.05, 4.69) is 9.97 Å². The summed E-state index contributed by atoms with van der Waals surface area (Å²) in [5, 5.41) is 8.79. The second-order valence-corrected chi connectivity index (χ2v) is 1.94. The van der Waals surface area contributed by atoms with Gasteiger partial charge in [-0.2, -0.15) is 0 Å². The van der Waals surface area contributed by atoms with Crippen molar-refractivity contribution in [3.05, 3.63) is 18.1 Å². The molecule has 0 unspecified atom stereocenters. The summed E-state index contributed by atoms with van der Waals surface area (Å²) in [6.45, 7) is 2.32. The molecule has 0 fully saturated rings. The number of ether oxygens (including phenoxy) is 1. The largest absolute Gasteiger partial charge is 0.478 e. The van der Waals surface area contributed by atoms with Crippen molar-refractivity contribution in [3.8, 4) is 5.88 Å². The van der Waals surface area contributed by atoms with Crippen molar-refractivity contribution in [1.82, 2.24) is 9.97 Å². The molecule has 1 N–H and O–H groups in total. The maximum absolute atomic E-state index is 8.79. The van der Waals surface area contributed by atoms with Gasteiger partial charge in [0.2, 0.25) is 5.88 Å². The first-order valence-electron chi connectivity index (χ1n) is 3.41. The molecule has 0 saturated heterocycles. The fourth-order valence-corrected chi connectivity index (χ4v) is 0.722. The van der Waals surface area contributed by atoms with Gasteiger partial charge in [0.25, 0.3) is 0 Å². The third kappa shape index (κ3) is 1.88. The van der Waals surface area contributed by atoms with Crippen LogP contribution >= 0.6 is 0 Å². The summed E-state index contributed by atoms with van der Waals surface area (Å²) in [4.78, 5) is 7.59. The van der Waals surface area contributed by atoms with Gasteiger partial charge in [-0.05, 0) is 6.92 Å². The number of hydrogen-bond acceptors (Lipinski definition) is 4. The number of aromatic nitrogens is 2. The highest BCUT2D eigenvalue weighted by Crippen LogP contribution is 2.11. The number of aliphatic hydroxyl groups excluding tert-OH is 1. The summed E-state index contributed by atoms with van der Waals surface area (Å²) in [6.07, 6.45) is 2.93. The van der Waals surface area contributed by atoms with Crippen LogP contribution in [0.1, 0.15) is 12.5 Å². The van der Waals surface area contributed by atoms with Crippen LogP contribution in [0, 0.1) is 0 Å². The highest BCUT2D eigenvalue weighted by atomic mass is 16.5. The fraction of sp³-hybridized carbons (Fsp3) is 0.429. The van der Waals surface area contributed by atoms with Gasteiger partial charge in [-0.25, -0.2) is 9.97 Å². The monoisotopic (exact) mass is 154 g/mol. The van der Waals surface area contributed by atoms with E-state index in [1.807, 2.05) is 6.92 Å². The molecule has 0 aliphatic heterocycles. The Morgan fingerprint density at radius 1 is 1.64 bits per heavy atom. The molecule has 0 aromatic carbocycles. The van der Waals surface area contributed by atoms with Crippen molar-refractivity contribution in [1.29, 1.82) is 0 Å². The van der Waals surface area contributed by atoms with E-state index < -0.39 is 0 Å². The Balaban J connectivity index is 2.83. The number of hydrogen-bond donors (Lipinski definition) is 1. The van der Waals surface area contributed by atoms with Crippen LogP contribution in [0.15, 0.2) is 12.5 Å². The van der Waals surface area contributed by atoms with Crippen molar-refractivity contribution < 1.29 is 9.84 Å². The summed E-state index contributed by atoms with van der Waals surface area (Å²) in [7, 11) is 0. The van der Waals surface area contributed by atoms with Crippen LogP contribution in [0.25, 0.3) is 0 Å². The van der Waals surface area contributed by atoms with Crippen molar-refractivity contribution in [2.45, 2.75) is 13.5 Å². The Labute approximate surface area is 64.9 Å². The molecule has 0 bridgehead atoms. The molecule has 4 heteroatoms. The Hall–Kier alpha value is -1.16. The maximum Gasteiger partial charge on any atom is 0.221 e. The first-order chi connectivity index (χ1) is 5.38. The minimum atomic E-state index is -0.0871. The zero-order chi connectivity index (χ0) is 8.10. The third-order valence-electron chi connectivity index (χ3n) is 1.20. The minimum absolute atomic E-state index is 0.0871. The molecule has 1 aromatic rings. The highest BCUT2D eigenvalue weighted by Gasteiger charge is 2.01. The second-order valence-electron chi connectivity index (χ2n) is 1.94. The van der Waals surface area contributed by atoms with Gasteiger partial charge in [0, 0.05) is 6.20 Å². The molecule has 0 spiro atoms. The zero-order valence-corrected chi connectivity index (χ0v) is 6.32. The third-order valence-corrected chi connectivity index (χ3v) is 1.20. The number of nitrogens with zero attached hydrogens (tertiary/aromatic N) is 2. The topological polar surface area (TPSA) is 55.2 Å². The lowest BCUT2D eigenvalue weighted by molar-refractivity contribution is 0.262. The molecule has 1 aromatic heterocycles. The average molecular weight is 154 g/mol. The molecule has 0 atom stereocenters. The van der Waals surface area contributed by atoms with Crippen LogP contribution in [0.3, 0.4) is 0 Å². The summed E-state index contributed by atoms with van der Waals surface area (Å²) in [6, 6.07) is 0. The lowest BCUT2D eigenvalue weighted by atomic mass is 10.3. The predicted molar refractivity (Wildman–Crippen MR) is 39.1 cm³/mol. The normalized spacial score (nSPS) is 9.64. The second kappa shape index (κ2) is 3.88. The first kappa shape index (κ1) is 7.94. The van der Waals surface area contributed by atoms with E-state index >= 15 is 0 Å². The van der Waals surface area contributed by atoms with Gasteiger partial charge >= 0.3 is 0 Å². The molecule has 1 heterocycles. The molecule has 0 aliphatic rings. The van der Waals surface area contributed by atoms with Crippen LogP contribution in [-0.4, -0.2) is 21.7 Å². The van der Waals surface area contributed by atoms with Gasteiger partial charge in [0.1, 0.15) is 6.33 Å². The zero-order valence-electron chi connectivity index (χ0n) is 6.32. The summed E-state index contributed by atoms with van der Waals surface area (Å²) in [5.41, 5.74) is 0.620. The first-order valence-corrected chi connectivity index (χ1v) is 3.41. The van der Waals surface area contributed by atoms with Gasteiger partial charge in [-0.15, -0.1) is 0 Å². The van der Waals surface area contributed by atoms with Gasteiger partial charge in [-0.3, -0.25) is 0 Å². The van der Waals surface area contributed by atoms with Crippen LogP contribution in [0.2, 0.25) is 0 Å². The van der Waals surface area contributed by atoms with E-state index in [0.29, 0.717) is 18.1 Å². The average Bonchev–Trinajstić information content (AvgIpc) is 2.06. The van der Waals surface area contributed by atoms with Crippen molar-refractivity contribution >= 4 is 0 Å². The van der Waals surface area contributed by atoms with Crippen LogP contribution in [0.5, 0.6) is 5.88 Å². The smallest absolute Gasteiger partial charge is 0.221 e. The Morgan fingerprint density at radius 3 is 3.09 bits per heavy atom. The van der Waals surface area contributed by atoms with Gasteiger partial charge in [0.15, 0.2) is 0 Å². The summed E-state index contributed by atoms with van der Waals surface area (Å²) in [5.74, 6) is 0.463. The van der Waals surface area contributed by atoms with E-state index in [1.165, 1.54) is 12.5 Å². The van der Waals surface area contributed by atoms with E-state index in [9.17, 15) is 0 Å². The minimum Gasteiger partial charge on any atom is -0.478 e. The van der Waals surface area contributed by atoms with E-state index in [4.69, 9.17) is 9.84 Å². The highest BCUT2D eigenvalue weighted by molar-refractivity contribution is 5.20. The van der Waals surface area contributed by atoms with E-state index in [0.717, 1.165) is 0 Å². The molecule has 0 aliphatic carbocycles. The maximum atomic E-state index is 8.79. The lowest BCUT2D eigenvalue weighted by Crippen LogP contribution is -1.99. The number of rotatable bonds is 3. The molecule has 0 radical (unpaired) electrons. The van der Waals surface area contributed by atoms with Crippen molar-refractivity contribution in [3.63, 3.8) is 0 Å². The standard InChI is InChI=1S/C7H10N2O2/c1-2-11-7-6(4-10)3-8-5-9-7/h3,5,10H,2,4H2,1H3. The summed E-state index contributed by atoms with van der Waals surface area (Å²) >= 11 is 0. The van der Waals surface area contributed by atoms with Crippen LogP contribution in [0.4, 0.5) is 0 Å². The van der Waals surface area contributed by atoms with Gasteiger partial charge in [-0.1, -0.05) is 0 Å². The van der Waals surface area contributed by atoms with E-state index in [1.54, 1.807) is 0 Å². The molecule has 0 saturated carbocycles. The molecule has 4 nitrogen and oxygen atoms in total. The fourth-order valence-electron chi connectivity index (χ4n) is 0.722. The summed E-state index contributed by atoms with van der Waals surface area (Å²) < 4.78 is 5.12. The molecular weight excluding hydrogens is 144 g/mol. The van der Waals surface area contributed by atoms with Crippen LogP contribution < -0.4 is 4.74 Å². The van der Waals surface area contributed by atoms with Crippen LogP contribution in [-0.2, 0) is 6.61 Å². The molecule has 60 valence electrons. The van der Waals surface area contributed by atoms with Gasteiger partial charge < -0.3 is 9.84 Å². The number of aliphatic hydroxyl groups is 1. The Kier molecular flexibility index (Phi) is 2.80. The predicted octanol–water partition coefficient (Wildman–Crippen LogP) is 0.368. The molecule has 11 heavy (non-hydrogen) atoms. The Morgan fingerprint density at radius 2 is 2.45 bits per heavy atom. The van der Waals surface area contributed by atoms with Gasteiger partial charge in [0.05, 0.1) is 18.8 Å². The SMILES string of the molecule is CCOc1ncncc1CO. The van der Waals surface area contributed by atoms with Crippen molar-refractivity contribution in [2.75, 3.05) is 6.61 Å².